The molecule has 0 atom stereocenters. The number of aryl methyl sites for hydroxylation is 3. The SMILES string of the molecule is CCCc1ccc(Oc2ccc(C#N)cc2C)cc1CC.O=CNC(=O)O. The maximum absolute atomic E-state index is 9.26. The number of amides is 2. The summed E-state index contributed by atoms with van der Waals surface area (Å²) in [7, 11) is 0. The second kappa shape index (κ2) is 11.3. The summed E-state index contributed by atoms with van der Waals surface area (Å²) in [5.41, 5.74) is 4.39. The fourth-order valence-corrected chi connectivity index (χ4v) is 2.52. The predicted molar refractivity (Wildman–Crippen MR) is 103 cm³/mol. The molecule has 0 aliphatic heterocycles. The Labute approximate surface area is 159 Å². The molecule has 0 fully saturated rings. The lowest BCUT2D eigenvalue weighted by Crippen LogP contribution is -2.17. The molecule has 0 aliphatic rings. The molecule has 0 unspecified atom stereocenters. The summed E-state index contributed by atoms with van der Waals surface area (Å²) in [6.07, 6.45) is 2.05. The van der Waals surface area contributed by atoms with E-state index in [4.69, 9.17) is 19.9 Å². The highest BCUT2D eigenvalue weighted by molar-refractivity contribution is 5.77. The standard InChI is InChI=1S/C19H21NO.C2H3NO3/c1-4-6-17-8-9-18(12-16(17)5-2)21-19-10-7-15(13-20)11-14(19)3;4-1-3-2(5)6/h7-12H,4-6H2,1-3H3;1H,(H,3,4)(H,5,6). The number of ether oxygens (including phenoxy) is 1. The Hall–Kier alpha value is -3.33. The normalized spacial score (nSPS) is 9.41. The van der Waals surface area contributed by atoms with Gasteiger partial charge in [-0.1, -0.05) is 26.3 Å². The molecule has 2 rings (SSSR count). The molecule has 2 aromatic carbocycles. The molecule has 6 nitrogen and oxygen atoms in total. The van der Waals surface area contributed by atoms with Gasteiger partial charge in [0.05, 0.1) is 11.6 Å². The summed E-state index contributed by atoms with van der Waals surface area (Å²) in [6.45, 7) is 6.33. The van der Waals surface area contributed by atoms with Gasteiger partial charge in [0.1, 0.15) is 11.5 Å². The average Bonchev–Trinajstić information content (AvgIpc) is 2.65. The van der Waals surface area contributed by atoms with Crippen LogP contribution in [0, 0.1) is 18.3 Å². The lowest BCUT2D eigenvalue weighted by molar-refractivity contribution is -0.108. The van der Waals surface area contributed by atoms with Gasteiger partial charge >= 0.3 is 6.09 Å². The zero-order chi connectivity index (χ0) is 20.2. The van der Waals surface area contributed by atoms with E-state index in [0.29, 0.717) is 5.56 Å². The molecule has 0 spiro atoms. The second-order valence-corrected chi connectivity index (χ2v) is 5.80. The molecule has 6 heteroatoms. The van der Waals surface area contributed by atoms with Gasteiger partial charge in [0, 0.05) is 0 Å². The van der Waals surface area contributed by atoms with E-state index in [1.807, 2.05) is 25.1 Å². The van der Waals surface area contributed by atoms with Crippen LogP contribution in [0.1, 0.15) is 42.5 Å². The van der Waals surface area contributed by atoms with Gasteiger partial charge in [-0.05, 0) is 66.8 Å². The van der Waals surface area contributed by atoms with Crippen LogP contribution in [0.3, 0.4) is 0 Å². The van der Waals surface area contributed by atoms with Crippen molar-refractivity contribution >= 4 is 12.5 Å². The molecule has 0 aromatic heterocycles. The van der Waals surface area contributed by atoms with Crippen LogP contribution in [0.25, 0.3) is 0 Å². The zero-order valence-electron chi connectivity index (χ0n) is 15.8. The summed E-state index contributed by atoms with van der Waals surface area (Å²) < 4.78 is 5.97. The van der Waals surface area contributed by atoms with Crippen molar-refractivity contribution in [3.63, 3.8) is 0 Å². The van der Waals surface area contributed by atoms with Crippen molar-refractivity contribution in [2.24, 2.45) is 0 Å². The van der Waals surface area contributed by atoms with Crippen molar-refractivity contribution < 1.29 is 19.4 Å². The highest BCUT2D eigenvalue weighted by Crippen LogP contribution is 2.28. The average molecular weight is 368 g/mol. The van der Waals surface area contributed by atoms with Crippen molar-refractivity contribution in [2.45, 2.75) is 40.0 Å². The molecule has 0 saturated carbocycles. The quantitative estimate of drug-likeness (QED) is 0.727. The Kier molecular flexibility index (Phi) is 9.10. The molecule has 2 amide bonds. The smallest absolute Gasteiger partial charge is 0.411 e. The lowest BCUT2D eigenvalue weighted by Gasteiger charge is -2.12. The van der Waals surface area contributed by atoms with Gasteiger partial charge in [-0.25, -0.2) is 4.79 Å². The molecule has 0 heterocycles. The molecular weight excluding hydrogens is 344 g/mol. The van der Waals surface area contributed by atoms with E-state index < -0.39 is 6.09 Å². The van der Waals surface area contributed by atoms with Gasteiger partial charge < -0.3 is 9.84 Å². The monoisotopic (exact) mass is 368 g/mol. The van der Waals surface area contributed by atoms with Crippen molar-refractivity contribution in [2.75, 3.05) is 0 Å². The first-order chi connectivity index (χ1) is 12.9. The molecule has 142 valence electrons. The molecule has 0 radical (unpaired) electrons. The Morgan fingerprint density at radius 2 is 1.96 bits per heavy atom. The number of carboxylic acid groups (broad SMARTS) is 1. The summed E-state index contributed by atoms with van der Waals surface area (Å²) in [4.78, 5) is 18.4. The van der Waals surface area contributed by atoms with Crippen LogP contribution >= 0.6 is 0 Å². The topological polar surface area (TPSA) is 99.4 Å². The van der Waals surface area contributed by atoms with E-state index in [1.165, 1.54) is 16.4 Å². The van der Waals surface area contributed by atoms with E-state index in [0.717, 1.165) is 36.3 Å². The highest BCUT2D eigenvalue weighted by Gasteiger charge is 2.06. The van der Waals surface area contributed by atoms with Crippen LogP contribution in [-0.2, 0) is 17.6 Å². The van der Waals surface area contributed by atoms with Crippen LogP contribution in [0.4, 0.5) is 4.79 Å². The number of benzene rings is 2. The molecular formula is C21H24N2O4. The summed E-state index contributed by atoms with van der Waals surface area (Å²) in [6, 6.07) is 14.0. The first kappa shape index (κ1) is 21.7. The molecule has 0 saturated heterocycles. The minimum atomic E-state index is -1.33. The summed E-state index contributed by atoms with van der Waals surface area (Å²) in [5, 5.41) is 17.9. The number of carbonyl (C=O) groups excluding carboxylic acids is 1. The predicted octanol–water partition coefficient (Wildman–Crippen LogP) is 4.58. The third kappa shape index (κ3) is 7.20. The number of imide groups is 1. The van der Waals surface area contributed by atoms with Crippen LogP contribution in [-0.4, -0.2) is 17.6 Å². The Morgan fingerprint density at radius 3 is 2.44 bits per heavy atom. The van der Waals surface area contributed by atoms with Gasteiger partial charge in [0.15, 0.2) is 0 Å². The number of nitrogens with one attached hydrogen (secondary N) is 1. The van der Waals surface area contributed by atoms with Gasteiger partial charge in [0.25, 0.3) is 0 Å². The number of rotatable bonds is 6. The van der Waals surface area contributed by atoms with E-state index in [9.17, 15) is 4.79 Å². The van der Waals surface area contributed by atoms with Crippen LogP contribution < -0.4 is 10.1 Å². The Balaban J connectivity index is 0.000000527. The minimum Gasteiger partial charge on any atom is -0.465 e. The van der Waals surface area contributed by atoms with Gasteiger partial charge in [0.2, 0.25) is 6.41 Å². The Bertz CT molecular complexity index is 825. The largest absolute Gasteiger partial charge is 0.465 e. The van der Waals surface area contributed by atoms with E-state index in [-0.39, 0.29) is 6.41 Å². The fourth-order valence-electron chi connectivity index (χ4n) is 2.52. The van der Waals surface area contributed by atoms with Crippen LogP contribution in [0.5, 0.6) is 11.5 Å². The second-order valence-electron chi connectivity index (χ2n) is 5.80. The number of nitriles is 1. The van der Waals surface area contributed by atoms with Crippen LogP contribution in [0.2, 0.25) is 0 Å². The van der Waals surface area contributed by atoms with E-state index in [1.54, 1.807) is 6.07 Å². The first-order valence-corrected chi connectivity index (χ1v) is 8.68. The van der Waals surface area contributed by atoms with Gasteiger partial charge in [-0.3, -0.25) is 10.1 Å². The van der Waals surface area contributed by atoms with Crippen molar-refractivity contribution in [3.05, 3.63) is 58.7 Å². The molecule has 2 N–H and O–H groups in total. The lowest BCUT2D eigenvalue weighted by atomic mass is 10.0. The summed E-state index contributed by atoms with van der Waals surface area (Å²) in [5.74, 6) is 1.67. The van der Waals surface area contributed by atoms with Gasteiger partial charge in [-0.15, -0.1) is 0 Å². The number of carbonyl (C=O) groups is 2. The third-order valence-corrected chi connectivity index (χ3v) is 3.79. The van der Waals surface area contributed by atoms with Crippen molar-refractivity contribution in [1.29, 1.82) is 5.26 Å². The minimum absolute atomic E-state index is 0.0995. The Morgan fingerprint density at radius 1 is 1.22 bits per heavy atom. The van der Waals surface area contributed by atoms with E-state index in [2.05, 4.69) is 32.0 Å². The van der Waals surface area contributed by atoms with Crippen LogP contribution in [0.15, 0.2) is 36.4 Å². The molecule has 27 heavy (non-hydrogen) atoms. The number of hydrogen-bond donors (Lipinski definition) is 2. The maximum atomic E-state index is 9.26. The van der Waals surface area contributed by atoms with Crippen molar-refractivity contribution in [1.82, 2.24) is 5.32 Å². The number of hydrogen-bond acceptors (Lipinski definition) is 4. The summed E-state index contributed by atoms with van der Waals surface area (Å²) >= 11 is 0. The molecule has 2 aromatic rings. The van der Waals surface area contributed by atoms with Gasteiger partial charge in [-0.2, -0.15) is 5.26 Å². The highest BCUT2D eigenvalue weighted by atomic mass is 16.5. The zero-order valence-corrected chi connectivity index (χ0v) is 15.8. The first-order valence-electron chi connectivity index (χ1n) is 8.68. The van der Waals surface area contributed by atoms with E-state index >= 15 is 0 Å². The third-order valence-electron chi connectivity index (χ3n) is 3.79. The molecule has 0 bridgehead atoms. The number of nitrogens with zero attached hydrogens (tertiary/aromatic N) is 1. The fraction of sp³-hybridized carbons (Fsp3) is 0.286. The maximum Gasteiger partial charge on any atom is 0.411 e. The molecule has 0 aliphatic carbocycles. The van der Waals surface area contributed by atoms with Crippen molar-refractivity contribution in [3.8, 4) is 17.6 Å².